The Morgan fingerprint density at radius 3 is 2.33 bits per heavy atom. The van der Waals surface area contributed by atoms with Crippen LogP contribution in [0.3, 0.4) is 0 Å². The lowest BCUT2D eigenvalue weighted by Gasteiger charge is -2.25. The molecule has 0 bridgehead atoms. The average Bonchev–Trinajstić information content (AvgIpc) is 4.20. The molecule has 7 aromatic rings. The van der Waals surface area contributed by atoms with Crippen molar-refractivity contribution >= 4 is 53.0 Å². The van der Waals surface area contributed by atoms with Crippen molar-refractivity contribution in [1.29, 1.82) is 0 Å². The molecule has 0 saturated carbocycles. The van der Waals surface area contributed by atoms with Crippen LogP contribution in [0.5, 0.6) is 11.5 Å². The molecule has 0 radical (unpaired) electrons. The maximum Gasteiger partial charge on any atom is 0.410 e. The highest BCUT2D eigenvalue weighted by Crippen LogP contribution is 2.31. The number of fused-ring (bicyclic) bond motifs is 1. The van der Waals surface area contributed by atoms with Gasteiger partial charge in [0, 0.05) is 73.7 Å². The van der Waals surface area contributed by atoms with Gasteiger partial charge in [0.05, 0.1) is 23.6 Å². The third-order valence-corrected chi connectivity index (χ3v) is 12.8. The quantitative estimate of drug-likeness (QED) is 0.0249. The second-order valence-electron chi connectivity index (χ2n) is 19.3. The van der Waals surface area contributed by atoms with E-state index in [9.17, 15) is 33.6 Å². The molecule has 0 fully saturated rings. The number of anilines is 1. The van der Waals surface area contributed by atoms with Crippen molar-refractivity contribution < 1.29 is 43.0 Å². The van der Waals surface area contributed by atoms with Gasteiger partial charge in [-0.2, -0.15) is 5.10 Å². The first-order chi connectivity index (χ1) is 38.6. The van der Waals surface area contributed by atoms with Crippen LogP contribution in [0.25, 0.3) is 28.3 Å². The summed E-state index contributed by atoms with van der Waals surface area (Å²) >= 11 is 0. The van der Waals surface area contributed by atoms with E-state index < -0.39 is 36.0 Å². The molecule has 7 N–H and O–H groups in total. The zero-order valence-corrected chi connectivity index (χ0v) is 44.5. The SMILES string of the molecule is Cc1cccc(-c2[nH]c(CN(Cc3cccc(Oc4ccncc4)c3)C(=O)OCc3ccc(NC(=O)[C@H](CCCNC(N)=O)NC(=O)C(NC(=O)CCCCCN4C(=O)C=CC4=O)C(C)C)cc3)nc2-c2ccc3ncnn3c2)n1. The van der Waals surface area contributed by atoms with Gasteiger partial charge in [-0.3, -0.25) is 43.7 Å². The van der Waals surface area contributed by atoms with Crippen LogP contribution in [0, 0.1) is 12.8 Å². The highest BCUT2D eigenvalue weighted by molar-refractivity contribution is 6.12. The van der Waals surface area contributed by atoms with Gasteiger partial charge >= 0.3 is 12.1 Å². The first-order valence-corrected chi connectivity index (χ1v) is 26.1. The number of hydrogen-bond acceptors (Lipinski definition) is 14. The first kappa shape index (κ1) is 56.4. The van der Waals surface area contributed by atoms with Gasteiger partial charge < -0.3 is 41.5 Å². The van der Waals surface area contributed by atoms with Crippen LogP contribution in [0.1, 0.15) is 75.0 Å². The number of rotatable bonds is 26. The number of imidazole rings is 1. The number of carbonyl (C=O) groups excluding carboxylic acids is 7. The molecule has 23 heteroatoms. The van der Waals surface area contributed by atoms with Gasteiger partial charge in [-0.25, -0.2) is 24.1 Å². The van der Waals surface area contributed by atoms with Crippen LogP contribution < -0.4 is 31.7 Å². The fourth-order valence-corrected chi connectivity index (χ4v) is 8.73. The lowest BCUT2D eigenvalue weighted by molar-refractivity contribution is -0.137. The molecule has 2 atom stereocenters. The Balaban J connectivity index is 0.932. The molecule has 1 unspecified atom stereocenters. The fourth-order valence-electron chi connectivity index (χ4n) is 8.73. The fraction of sp³-hybridized carbons (Fsp3) is 0.298. The lowest BCUT2D eigenvalue weighted by Crippen LogP contribution is -2.54. The molecule has 1 aliphatic rings. The van der Waals surface area contributed by atoms with E-state index in [4.69, 9.17) is 25.2 Å². The molecular formula is C57H62N14O9. The first-order valence-electron chi connectivity index (χ1n) is 26.1. The number of benzene rings is 2. The van der Waals surface area contributed by atoms with Crippen molar-refractivity contribution in [2.75, 3.05) is 18.4 Å². The predicted molar refractivity (Wildman–Crippen MR) is 294 cm³/mol. The van der Waals surface area contributed by atoms with Gasteiger partial charge in [0.1, 0.15) is 42.3 Å². The smallest absolute Gasteiger partial charge is 0.410 e. The molecule has 0 aliphatic carbocycles. The maximum atomic E-state index is 14.3. The second kappa shape index (κ2) is 27.0. The molecule has 8 amide bonds. The summed E-state index contributed by atoms with van der Waals surface area (Å²) in [6.45, 7) is 5.79. The van der Waals surface area contributed by atoms with E-state index in [1.54, 1.807) is 67.2 Å². The number of pyridine rings is 3. The van der Waals surface area contributed by atoms with E-state index in [0.717, 1.165) is 21.7 Å². The summed E-state index contributed by atoms with van der Waals surface area (Å²) in [6, 6.07) is 24.1. The highest BCUT2D eigenvalue weighted by atomic mass is 16.6. The van der Waals surface area contributed by atoms with E-state index >= 15 is 0 Å². The van der Waals surface area contributed by atoms with Crippen molar-refractivity contribution in [2.45, 2.75) is 91.1 Å². The number of primary amides is 1. The van der Waals surface area contributed by atoms with Gasteiger partial charge in [-0.15, -0.1) is 0 Å². The Hall–Kier alpha value is -9.80. The topological polar surface area (TPSA) is 303 Å². The highest BCUT2D eigenvalue weighted by Gasteiger charge is 2.30. The third-order valence-electron chi connectivity index (χ3n) is 12.8. The molecular weight excluding hydrogens is 1020 g/mol. The molecule has 2 aromatic carbocycles. The molecule has 0 saturated heterocycles. The van der Waals surface area contributed by atoms with Gasteiger partial charge in [0.25, 0.3) is 11.8 Å². The number of aromatic nitrogens is 7. The largest absolute Gasteiger partial charge is 0.457 e. The molecule has 80 heavy (non-hydrogen) atoms. The minimum absolute atomic E-state index is 0.00266. The zero-order valence-electron chi connectivity index (χ0n) is 44.5. The number of amides is 8. The van der Waals surface area contributed by atoms with Crippen molar-refractivity contribution in [3.8, 4) is 34.1 Å². The molecule has 5 aromatic heterocycles. The summed E-state index contributed by atoms with van der Waals surface area (Å²) < 4.78 is 13.7. The van der Waals surface area contributed by atoms with E-state index in [-0.39, 0.29) is 75.7 Å². The Kier molecular flexibility index (Phi) is 19.0. The molecule has 6 heterocycles. The molecule has 414 valence electrons. The Morgan fingerprint density at radius 1 is 0.800 bits per heavy atom. The molecule has 1 aliphatic heterocycles. The van der Waals surface area contributed by atoms with Crippen LogP contribution in [-0.2, 0) is 48.4 Å². The summed E-state index contributed by atoms with van der Waals surface area (Å²) in [5, 5.41) is 15.2. The normalized spacial score (nSPS) is 12.8. The van der Waals surface area contributed by atoms with E-state index in [0.29, 0.717) is 70.6 Å². The number of nitrogens with zero attached hydrogens (tertiary/aromatic N) is 8. The van der Waals surface area contributed by atoms with Crippen LogP contribution in [0.2, 0.25) is 0 Å². The number of aryl methyl sites for hydroxylation is 1. The van der Waals surface area contributed by atoms with Gasteiger partial charge in [0.15, 0.2) is 5.65 Å². The number of nitrogens with two attached hydrogens (primary N) is 1. The third kappa shape index (κ3) is 15.7. The van der Waals surface area contributed by atoms with Crippen LogP contribution >= 0.6 is 0 Å². The van der Waals surface area contributed by atoms with Crippen LogP contribution in [0.15, 0.2) is 128 Å². The number of urea groups is 1. The van der Waals surface area contributed by atoms with Crippen molar-refractivity contribution in [1.82, 2.24) is 60.3 Å². The summed E-state index contributed by atoms with van der Waals surface area (Å²) in [6.07, 6.45) is 10.4. The maximum absolute atomic E-state index is 14.3. The molecule has 23 nitrogen and oxygen atoms in total. The number of imide groups is 1. The van der Waals surface area contributed by atoms with Crippen LogP contribution in [0.4, 0.5) is 15.3 Å². The van der Waals surface area contributed by atoms with Gasteiger partial charge in [0.2, 0.25) is 17.7 Å². The van der Waals surface area contributed by atoms with E-state index in [1.807, 2.05) is 67.7 Å². The monoisotopic (exact) mass is 1090 g/mol. The molecule has 0 spiro atoms. The van der Waals surface area contributed by atoms with Crippen LogP contribution in [-0.4, -0.2) is 111 Å². The summed E-state index contributed by atoms with van der Waals surface area (Å²) in [4.78, 5) is 114. The van der Waals surface area contributed by atoms with E-state index in [1.165, 1.54) is 23.4 Å². The summed E-state index contributed by atoms with van der Waals surface area (Å²) in [7, 11) is 0. The van der Waals surface area contributed by atoms with Crippen molar-refractivity contribution in [3.63, 3.8) is 0 Å². The van der Waals surface area contributed by atoms with Crippen molar-refractivity contribution in [3.05, 3.63) is 151 Å². The van der Waals surface area contributed by atoms with E-state index in [2.05, 4.69) is 41.3 Å². The number of H-pyrrole nitrogens is 1. The second-order valence-corrected chi connectivity index (χ2v) is 19.3. The zero-order chi connectivity index (χ0) is 56.5. The summed E-state index contributed by atoms with van der Waals surface area (Å²) in [5.74, 6) is -0.969. The predicted octanol–water partition coefficient (Wildman–Crippen LogP) is 6.51. The Bertz CT molecular complexity index is 3340. The van der Waals surface area contributed by atoms with Gasteiger partial charge in [-0.1, -0.05) is 50.6 Å². The Labute approximate surface area is 460 Å². The standard InChI is InChI=1S/C57H62N14O9/c1-36(2)51(68-48(72)15-5-4-6-29-70-49(73)22-23-50(70)74)55(76)65-45(14-9-26-60-56(58)77)54(75)64-41-19-16-38(17-20-41)34-79-57(78)69(31-39-11-8-12-43(30-39)80-42-24-27-59-28-25-42)33-46-66-52(40-18-21-47-61-35-62-71(47)32-40)53(67-46)44-13-7-10-37(3)63-44/h7-8,10-13,16-25,27-28,30,32,35-36,45,51H,4-6,9,14-15,26,29,31,33-34H2,1-3H3,(H,64,75)(H,65,76)(H,66,67)(H,68,72)(H3,58,60,77)/t45-,51?/m0/s1. The summed E-state index contributed by atoms with van der Waals surface area (Å²) in [5.41, 5.74) is 11.1. The minimum Gasteiger partial charge on any atom is -0.457 e. The average molecular weight is 1090 g/mol. The number of hydrogen-bond donors (Lipinski definition) is 6. The number of nitrogens with one attached hydrogen (secondary N) is 5. The van der Waals surface area contributed by atoms with Crippen molar-refractivity contribution in [2.24, 2.45) is 11.7 Å². The minimum atomic E-state index is -1.08. The number of aromatic amines is 1. The van der Waals surface area contributed by atoms with Gasteiger partial charge in [-0.05, 0) is 110 Å². The Morgan fingerprint density at radius 2 is 1.57 bits per heavy atom. The number of unbranched alkanes of at least 4 members (excludes halogenated alkanes) is 2. The number of ether oxygens (including phenoxy) is 2. The number of carbonyl (C=O) groups is 7. The molecule has 8 rings (SSSR count). The lowest BCUT2D eigenvalue weighted by atomic mass is 10.0.